The number of anilines is 2. The van der Waals surface area contributed by atoms with Gasteiger partial charge in [0.05, 0.1) is 36.6 Å². The third kappa shape index (κ3) is 6.74. The van der Waals surface area contributed by atoms with E-state index in [0.29, 0.717) is 24.5 Å². The SMILES string of the molecule is CCNC(=O)CN(C)CC(CN=O)c1ccc2c(c1)N(C(=O)OC(C)C)C[C@H](C)N2C(C)=O. The van der Waals surface area contributed by atoms with Crippen molar-refractivity contribution in [2.75, 3.05) is 49.6 Å². The van der Waals surface area contributed by atoms with Crippen molar-refractivity contribution in [3.05, 3.63) is 28.7 Å². The van der Waals surface area contributed by atoms with E-state index in [2.05, 4.69) is 10.5 Å². The van der Waals surface area contributed by atoms with E-state index in [-0.39, 0.29) is 49.5 Å². The Morgan fingerprint density at radius 2 is 1.97 bits per heavy atom. The first-order valence-corrected chi connectivity index (χ1v) is 11.2. The van der Waals surface area contributed by atoms with Crippen LogP contribution in [0.2, 0.25) is 0 Å². The van der Waals surface area contributed by atoms with Crippen molar-refractivity contribution in [1.82, 2.24) is 10.2 Å². The highest BCUT2D eigenvalue weighted by Crippen LogP contribution is 2.38. The summed E-state index contributed by atoms with van der Waals surface area (Å²) in [5.74, 6) is -0.515. The van der Waals surface area contributed by atoms with Crippen molar-refractivity contribution in [3.63, 3.8) is 0 Å². The molecule has 0 radical (unpaired) electrons. The molecule has 2 rings (SSSR count). The summed E-state index contributed by atoms with van der Waals surface area (Å²) in [5.41, 5.74) is 1.95. The Labute approximate surface area is 195 Å². The molecule has 0 aromatic heterocycles. The van der Waals surface area contributed by atoms with Crippen molar-refractivity contribution in [2.45, 2.75) is 52.7 Å². The number of nitrogens with one attached hydrogen (secondary N) is 1. The minimum Gasteiger partial charge on any atom is -0.446 e. The van der Waals surface area contributed by atoms with Crippen LogP contribution in [-0.4, -0.2) is 74.7 Å². The van der Waals surface area contributed by atoms with Crippen LogP contribution in [0, 0.1) is 4.91 Å². The molecule has 0 aliphatic carbocycles. The van der Waals surface area contributed by atoms with E-state index in [1.807, 2.05) is 30.9 Å². The lowest BCUT2D eigenvalue weighted by atomic mass is 9.95. The Hall–Kier alpha value is -3.01. The van der Waals surface area contributed by atoms with Crippen LogP contribution in [0.25, 0.3) is 0 Å². The van der Waals surface area contributed by atoms with Gasteiger partial charge in [-0.05, 0) is 52.4 Å². The molecule has 0 fully saturated rings. The highest BCUT2D eigenvalue weighted by atomic mass is 16.6. The second kappa shape index (κ2) is 11.7. The van der Waals surface area contributed by atoms with Gasteiger partial charge in [-0.15, -0.1) is 0 Å². The number of fused-ring (bicyclic) bond motifs is 1. The number of amides is 3. The van der Waals surface area contributed by atoms with Gasteiger partial charge in [0, 0.05) is 32.5 Å². The van der Waals surface area contributed by atoms with Crippen LogP contribution in [0.4, 0.5) is 16.2 Å². The number of hydrogen-bond acceptors (Lipinski definition) is 7. The summed E-state index contributed by atoms with van der Waals surface area (Å²) < 4.78 is 5.43. The molecular weight excluding hydrogens is 426 g/mol. The van der Waals surface area contributed by atoms with Gasteiger partial charge < -0.3 is 15.0 Å². The molecule has 182 valence electrons. The van der Waals surface area contributed by atoms with Gasteiger partial charge in [0.25, 0.3) is 0 Å². The summed E-state index contributed by atoms with van der Waals surface area (Å²) in [6.07, 6.45) is -0.780. The second-order valence-electron chi connectivity index (χ2n) is 8.69. The smallest absolute Gasteiger partial charge is 0.414 e. The molecule has 0 saturated heterocycles. The van der Waals surface area contributed by atoms with Gasteiger partial charge in [-0.3, -0.25) is 19.4 Å². The summed E-state index contributed by atoms with van der Waals surface area (Å²) in [6.45, 7) is 10.2. The lowest BCUT2D eigenvalue weighted by Gasteiger charge is -2.40. The van der Waals surface area contributed by atoms with Gasteiger partial charge in [-0.1, -0.05) is 11.2 Å². The van der Waals surface area contributed by atoms with Crippen LogP contribution >= 0.6 is 0 Å². The second-order valence-corrected chi connectivity index (χ2v) is 8.69. The number of ether oxygens (including phenoxy) is 1. The zero-order valence-corrected chi connectivity index (χ0v) is 20.3. The predicted octanol–water partition coefficient (Wildman–Crippen LogP) is 2.71. The molecule has 0 saturated carbocycles. The number of benzene rings is 1. The summed E-state index contributed by atoms with van der Waals surface area (Å²) in [6, 6.07) is 5.22. The maximum absolute atomic E-state index is 12.8. The molecule has 1 aromatic carbocycles. The Morgan fingerprint density at radius 3 is 2.55 bits per heavy atom. The standard InChI is InChI=1S/C23H35N5O5/c1-7-24-22(30)14-26(6)13-19(11-25-32)18-8-9-20-21(10-18)27(23(31)33-15(2)3)12-16(4)28(20)17(5)29/h8-10,15-16,19H,7,11-14H2,1-6H3,(H,24,30)/t16-,19?/m0/s1. The predicted molar refractivity (Wildman–Crippen MR) is 128 cm³/mol. The Balaban J connectivity index is 2.42. The first-order chi connectivity index (χ1) is 15.6. The number of hydrogen-bond donors (Lipinski definition) is 1. The fourth-order valence-electron chi connectivity index (χ4n) is 4.11. The summed E-state index contributed by atoms with van der Waals surface area (Å²) >= 11 is 0. The average Bonchev–Trinajstić information content (AvgIpc) is 2.71. The van der Waals surface area contributed by atoms with Gasteiger partial charge in [0.1, 0.15) is 0 Å². The fraction of sp³-hybridized carbons (Fsp3) is 0.609. The Kier molecular flexibility index (Phi) is 9.33. The molecule has 1 aromatic rings. The number of carbonyl (C=O) groups excluding carboxylic acids is 3. The molecule has 3 amide bonds. The van der Waals surface area contributed by atoms with Crippen LogP contribution in [0.5, 0.6) is 0 Å². The lowest BCUT2D eigenvalue weighted by Crippen LogP contribution is -2.51. The van der Waals surface area contributed by atoms with E-state index in [9.17, 15) is 19.3 Å². The third-order valence-electron chi connectivity index (χ3n) is 5.42. The van der Waals surface area contributed by atoms with E-state index in [1.54, 1.807) is 31.9 Å². The van der Waals surface area contributed by atoms with E-state index < -0.39 is 6.09 Å². The van der Waals surface area contributed by atoms with Crippen LogP contribution in [0.1, 0.15) is 46.1 Å². The summed E-state index contributed by atoms with van der Waals surface area (Å²) in [5, 5.41) is 5.85. The number of nitrogens with zero attached hydrogens (tertiary/aromatic N) is 4. The van der Waals surface area contributed by atoms with Gasteiger partial charge >= 0.3 is 6.09 Å². The maximum Gasteiger partial charge on any atom is 0.414 e. The van der Waals surface area contributed by atoms with Gasteiger partial charge in [-0.25, -0.2) is 4.79 Å². The number of nitroso groups, excluding NO2 is 1. The molecular formula is C23H35N5O5. The lowest BCUT2D eigenvalue weighted by molar-refractivity contribution is -0.122. The van der Waals surface area contributed by atoms with Crippen LogP contribution in [0.3, 0.4) is 0 Å². The van der Waals surface area contributed by atoms with Gasteiger partial charge in [0.2, 0.25) is 11.8 Å². The first-order valence-electron chi connectivity index (χ1n) is 11.2. The minimum absolute atomic E-state index is 0.0157. The monoisotopic (exact) mass is 461 g/mol. The summed E-state index contributed by atoms with van der Waals surface area (Å²) in [4.78, 5) is 53.3. The third-order valence-corrected chi connectivity index (χ3v) is 5.42. The number of rotatable bonds is 9. The van der Waals surface area contributed by atoms with E-state index in [0.717, 1.165) is 5.56 Å². The van der Waals surface area contributed by atoms with Gasteiger partial charge in [-0.2, -0.15) is 4.91 Å². The van der Waals surface area contributed by atoms with E-state index >= 15 is 0 Å². The molecule has 10 nitrogen and oxygen atoms in total. The average molecular weight is 462 g/mol. The molecule has 1 unspecified atom stereocenters. The molecule has 0 spiro atoms. The molecule has 2 atom stereocenters. The zero-order chi connectivity index (χ0) is 24.7. The van der Waals surface area contributed by atoms with Crippen molar-refractivity contribution >= 4 is 29.3 Å². The van der Waals surface area contributed by atoms with E-state index in [4.69, 9.17) is 4.74 Å². The fourth-order valence-corrected chi connectivity index (χ4v) is 4.11. The molecule has 1 heterocycles. The van der Waals surface area contributed by atoms with Crippen molar-refractivity contribution in [3.8, 4) is 0 Å². The van der Waals surface area contributed by atoms with Crippen molar-refractivity contribution < 1.29 is 19.1 Å². The molecule has 1 aliphatic rings. The van der Waals surface area contributed by atoms with Crippen LogP contribution in [-0.2, 0) is 14.3 Å². The normalized spacial score (nSPS) is 16.4. The van der Waals surface area contributed by atoms with Crippen molar-refractivity contribution in [1.29, 1.82) is 0 Å². The molecule has 1 aliphatic heterocycles. The highest BCUT2D eigenvalue weighted by Gasteiger charge is 2.35. The summed E-state index contributed by atoms with van der Waals surface area (Å²) in [7, 11) is 1.80. The van der Waals surface area contributed by atoms with E-state index in [1.165, 1.54) is 11.8 Å². The number of likely N-dealkylation sites (N-methyl/N-ethyl adjacent to an activating group) is 2. The van der Waals surface area contributed by atoms with Crippen LogP contribution < -0.4 is 15.1 Å². The Morgan fingerprint density at radius 1 is 1.27 bits per heavy atom. The molecule has 10 heteroatoms. The molecule has 0 bridgehead atoms. The quantitative estimate of drug-likeness (QED) is 0.566. The topological polar surface area (TPSA) is 112 Å². The largest absolute Gasteiger partial charge is 0.446 e. The van der Waals surface area contributed by atoms with Crippen LogP contribution in [0.15, 0.2) is 23.4 Å². The maximum atomic E-state index is 12.8. The van der Waals surface area contributed by atoms with Gasteiger partial charge in [0.15, 0.2) is 0 Å². The molecule has 33 heavy (non-hydrogen) atoms. The zero-order valence-electron chi connectivity index (χ0n) is 20.3. The first kappa shape index (κ1) is 26.2. The number of carbonyl (C=O) groups is 3. The highest BCUT2D eigenvalue weighted by molar-refractivity contribution is 6.02. The Bertz CT molecular complexity index is 875. The van der Waals surface area contributed by atoms with Crippen molar-refractivity contribution in [2.24, 2.45) is 5.18 Å². The molecule has 1 N–H and O–H groups in total. The minimum atomic E-state index is -0.489.